The molecule has 0 saturated carbocycles. The number of thioether (sulfide) groups is 1. The number of para-hydroxylation sites is 1. The maximum absolute atomic E-state index is 5.88. The second-order valence-electron chi connectivity index (χ2n) is 3.52. The molecule has 0 bridgehead atoms. The molecule has 2 rings (SSSR count). The Bertz CT molecular complexity index is 312. The largest absolute Gasteiger partial charge is 0.397 e. The van der Waals surface area contributed by atoms with Gasteiger partial charge >= 0.3 is 0 Å². The van der Waals surface area contributed by atoms with Crippen molar-refractivity contribution in [3.05, 3.63) is 18.2 Å². The fraction of sp³-hybridized carbons (Fsp3) is 0.400. The number of nitrogens with two attached hydrogens (primary N) is 1. The van der Waals surface area contributed by atoms with E-state index in [2.05, 4.69) is 18.3 Å². The van der Waals surface area contributed by atoms with Gasteiger partial charge in [-0.05, 0) is 18.1 Å². The van der Waals surface area contributed by atoms with Crippen molar-refractivity contribution in [1.82, 2.24) is 0 Å². The second-order valence-corrected chi connectivity index (χ2v) is 4.58. The van der Waals surface area contributed by atoms with Crippen molar-refractivity contribution in [2.75, 3.05) is 23.3 Å². The molecule has 3 heteroatoms. The number of nitrogen functional groups attached to an aromatic ring is 1. The van der Waals surface area contributed by atoms with Crippen LogP contribution in [0.3, 0.4) is 0 Å². The van der Waals surface area contributed by atoms with E-state index in [4.69, 9.17) is 5.73 Å². The van der Waals surface area contributed by atoms with E-state index in [1.807, 2.05) is 23.9 Å². The van der Waals surface area contributed by atoms with Crippen LogP contribution >= 0.6 is 11.8 Å². The van der Waals surface area contributed by atoms with E-state index >= 15 is 0 Å². The van der Waals surface area contributed by atoms with Gasteiger partial charge in [0.15, 0.2) is 0 Å². The van der Waals surface area contributed by atoms with Crippen LogP contribution in [0.2, 0.25) is 0 Å². The quantitative estimate of drug-likeness (QED) is 0.623. The summed E-state index contributed by atoms with van der Waals surface area (Å²) in [6.45, 7) is 3.27. The summed E-state index contributed by atoms with van der Waals surface area (Å²) in [6, 6.07) is 6.09. The number of benzene rings is 1. The Morgan fingerprint density at radius 1 is 1.54 bits per heavy atom. The zero-order valence-electron chi connectivity index (χ0n) is 7.71. The van der Waals surface area contributed by atoms with Crippen molar-refractivity contribution >= 4 is 23.1 Å². The van der Waals surface area contributed by atoms with Gasteiger partial charge in [-0.1, -0.05) is 13.0 Å². The van der Waals surface area contributed by atoms with Gasteiger partial charge in [0.05, 0.1) is 11.4 Å². The Morgan fingerprint density at radius 2 is 2.38 bits per heavy atom. The third-order valence-electron chi connectivity index (χ3n) is 2.21. The first-order chi connectivity index (χ1) is 6.27. The summed E-state index contributed by atoms with van der Waals surface area (Å²) in [6.07, 6.45) is 0. The molecule has 1 unspecified atom stereocenters. The minimum atomic E-state index is 0.705. The third-order valence-corrected chi connectivity index (χ3v) is 3.60. The SMILES string of the molecule is CC1CNc2c(N)cccc2SC1. The molecule has 1 atom stereocenters. The highest BCUT2D eigenvalue weighted by Gasteiger charge is 2.13. The van der Waals surface area contributed by atoms with E-state index in [0.717, 1.165) is 17.9 Å². The molecule has 0 aromatic heterocycles. The molecule has 2 nitrogen and oxygen atoms in total. The molecule has 13 heavy (non-hydrogen) atoms. The van der Waals surface area contributed by atoms with E-state index in [1.165, 1.54) is 10.6 Å². The first-order valence-corrected chi connectivity index (χ1v) is 5.51. The van der Waals surface area contributed by atoms with E-state index < -0.39 is 0 Å². The first-order valence-electron chi connectivity index (χ1n) is 4.52. The van der Waals surface area contributed by atoms with Gasteiger partial charge in [0.25, 0.3) is 0 Å². The van der Waals surface area contributed by atoms with E-state index in [0.29, 0.717) is 5.92 Å². The maximum Gasteiger partial charge on any atom is 0.0712 e. The average molecular weight is 194 g/mol. The van der Waals surface area contributed by atoms with Crippen LogP contribution in [0.5, 0.6) is 0 Å². The minimum absolute atomic E-state index is 0.705. The smallest absolute Gasteiger partial charge is 0.0712 e. The van der Waals surface area contributed by atoms with Crippen LogP contribution in [-0.2, 0) is 0 Å². The molecule has 1 aromatic rings. The molecule has 1 aliphatic rings. The van der Waals surface area contributed by atoms with Gasteiger partial charge < -0.3 is 11.1 Å². The number of hydrogen-bond acceptors (Lipinski definition) is 3. The fourth-order valence-electron chi connectivity index (χ4n) is 1.42. The molecule has 1 aliphatic heterocycles. The Morgan fingerprint density at radius 3 is 3.23 bits per heavy atom. The second kappa shape index (κ2) is 3.50. The number of fused-ring (bicyclic) bond motifs is 1. The lowest BCUT2D eigenvalue weighted by molar-refractivity contribution is 0.705. The van der Waals surface area contributed by atoms with Gasteiger partial charge in [-0.15, -0.1) is 11.8 Å². The summed E-state index contributed by atoms with van der Waals surface area (Å²) in [7, 11) is 0. The van der Waals surface area contributed by atoms with Crippen molar-refractivity contribution < 1.29 is 0 Å². The van der Waals surface area contributed by atoms with Gasteiger partial charge in [0, 0.05) is 17.2 Å². The first kappa shape index (κ1) is 8.75. The molecule has 0 saturated heterocycles. The lowest BCUT2D eigenvalue weighted by Gasteiger charge is -2.09. The van der Waals surface area contributed by atoms with Crippen LogP contribution in [0.25, 0.3) is 0 Å². The van der Waals surface area contributed by atoms with E-state index in [1.54, 1.807) is 0 Å². The van der Waals surface area contributed by atoms with Crippen molar-refractivity contribution in [1.29, 1.82) is 0 Å². The summed E-state index contributed by atoms with van der Waals surface area (Å²) in [5.41, 5.74) is 7.86. The zero-order chi connectivity index (χ0) is 9.26. The molecule has 1 heterocycles. The van der Waals surface area contributed by atoms with Crippen molar-refractivity contribution in [2.24, 2.45) is 5.92 Å². The molecule has 1 aromatic carbocycles. The molecular weight excluding hydrogens is 180 g/mol. The Hall–Kier alpha value is -0.830. The predicted octanol–water partition coefficient (Wildman–Crippen LogP) is 2.42. The summed E-state index contributed by atoms with van der Waals surface area (Å²) in [5.74, 6) is 1.88. The molecule has 0 amide bonds. The zero-order valence-corrected chi connectivity index (χ0v) is 8.53. The summed E-state index contributed by atoms with van der Waals surface area (Å²) in [5, 5.41) is 3.40. The number of hydrogen-bond donors (Lipinski definition) is 2. The lowest BCUT2D eigenvalue weighted by atomic mass is 10.2. The fourth-order valence-corrected chi connectivity index (χ4v) is 2.52. The molecule has 70 valence electrons. The highest BCUT2D eigenvalue weighted by Crippen LogP contribution is 2.35. The molecule has 0 spiro atoms. The Balaban J connectivity index is 2.35. The molecule has 0 aliphatic carbocycles. The van der Waals surface area contributed by atoms with Gasteiger partial charge in [0.1, 0.15) is 0 Å². The van der Waals surface area contributed by atoms with Crippen LogP contribution in [0.4, 0.5) is 11.4 Å². The number of nitrogens with one attached hydrogen (secondary N) is 1. The monoisotopic (exact) mass is 194 g/mol. The Kier molecular flexibility index (Phi) is 2.36. The third kappa shape index (κ3) is 1.75. The van der Waals surface area contributed by atoms with Gasteiger partial charge in [-0.3, -0.25) is 0 Å². The van der Waals surface area contributed by atoms with Crippen LogP contribution in [0.15, 0.2) is 23.1 Å². The molecule has 0 radical (unpaired) electrons. The summed E-state index contributed by atoms with van der Waals surface area (Å²) < 4.78 is 0. The molecular formula is C10H14N2S. The van der Waals surface area contributed by atoms with E-state index in [9.17, 15) is 0 Å². The number of anilines is 2. The maximum atomic E-state index is 5.88. The van der Waals surface area contributed by atoms with Gasteiger partial charge in [0.2, 0.25) is 0 Å². The van der Waals surface area contributed by atoms with Crippen LogP contribution in [-0.4, -0.2) is 12.3 Å². The van der Waals surface area contributed by atoms with Crippen LogP contribution in [0, 0.1) is 5.92 Å². The summed E-state index contributed by atoms with van der Waals surface area (Å²) >= 11 is 1.89. The highest BCUT2D eigenvalue weighted by atomic mass is 32.2. The highest BCUT2D eigenvalue weighted by molar-refractivity contribution is 7.99. The van der Waals surface area contributed by atoms with Crippen molar-refractivity contribution in [3.63, 3.8) is 0 Å². The average Bonchev–Trinajstić information content (AvgIpc) is 2.30. The minimum Gasteiger partial charge on any atom is -0.397 e. The van der Waals surface area contributed by atoms with Crippen LogP contribution in [0.1, 0.15) is 6.92 Å². The lowest BCUT2D eigenvalue weighted by Crippen LogP contribution is -2.11. The van der Waals surface area contributed by atoms with E-state index in [-0.39, 0.29) is 0 Å². The van der Waals surface area contributed by atoms with Crippen LogP contribution < -0.4 is 11.1 Å². The predicted molar refractivity (Wildman–Crippen MR) is 59.2 cm³/mol. The standard InChI is InChI=1S/C10H14N2S/c1-7-5-12-10-8(11)3-2-4-9(10)13-6-7/h2-4,7,12H,5-6,11H2,1H3. The van der Waals surface area contributed by atoms with Gasteiger partial charge in [-0.2, -0.15) is 0 Å². The van der Waals surface area contributed by atoms with Gasteiger partial charge in [-0.25, -0.2) is 0 Å². The molecule has 0 fully saturated rings. The molecule has 3 N–H and O–H groups in total. The normalized spacial score (nSPS) is 21.5. The summed E-state index contributed by atoms with van der Waals surface area (Å²) in [4.78, 5) is 1.28. The topological polar surface area (TPSA) is 38.0 Å². The Labute approximate surface area is 82.9 Å². The number of rotatable bonds is 0. The van der Waals surface area contributed by atoms with Crippen molar-refractivity contribution in [2.45, 2.75) is 11.8 Å². The van der Waals surface area contributed by atoms with Crippen molar-refractivity contribution in [3.8, 4) is 0 Å².